The van der Waals surface area contributed by atoms with Gasteiger partial charge in [-0.15, -0.1) is 5.10 Å². The molecule has 2 aromatic heterocycles. The molecule has 0 fully saturated rings. The van der Waals surface area contributed by atoms with Gasteiger partial charge in [0.2, 0.25) is 0 Å². The number of rotatable bonds is 14. The molecular weight excluding hydrogens is 558 g/mol. The van der Waals surface area contributed by atoms with Gasteiger partial charge in [0.05, 0.1) is 44.6 Å². The molecule has 0 saturated carbocycles. The van der Waals surface area contributed by atoms with Crippen LogP contribution in [0.5, 0.6) is 5.75 Å². The molecule has 1 N–H and O–H groups in total. The van der Waals surface area contributed by atoms with Gasteiger partial charge in [0, 0.05) is 24.1 Å². The number of quaternary nitrogens is 1. The number of ether oxygens (including phenoxy) is 1. The van der Waals surface area contributed by atoms with E-state index in [-0.39, 0.29) is 28.2 Å². The van der Waals surface area contributed by atoms with Gasteiger partial charge < -0.3 is 35.9 Å². The maximum absolute atomic E-state index is 12.3. The van der Waals surface area contributed by atoms with E-state index in [2.05, 4.69) is 56.3 Å². The van der Waals surface area contributed by atoms with E-state index in [1.165, 1.54) is 56.3 Å². The monoisotopic (exact) mass is 603 g/mol. The lowest BCUT2D eigenvalue weighted by molar-refractivity contribution is -0.923. The number of benzene rings is 1. The van der Waals surface area contributed by atoms with Gasteiger partial charge in [0.25, 0.3) is 0 Å². The zero-order valence-corrected chi connectivity index (χ0v) is 26.0. The van der Waals surface area contributed by atoms with E-state index in [1.807, 2.05) is 12.3 Å². The summed E-state index contributed by atoms with van der Waals surface area (Å²) >= 11 is 0. The Morgan fingerprint density at radius 1 is 1.05 bits per heavy atom. The normalized spacial score (nSPS) is 14.6. The van der Waals surface area contributed by atoms with Crippen LogP contribution in [0.4, 0.5) is 0 Å². The molecule has 4 rings (SSSR count). The molecule has 0 atom stereocenters. The van der Waals surface area contributed by atoms with Gasteiger partial charge in [-0.1, -0.05) is 11.6 Å². The van der Waals surface area contributed by atoms with E-state index in [4.69, 9.17) is 9.15 Å². The molecule has 8 nitrogen and oxygen atoms in total. The van der Waals surface area contributed by atoms with Crippen molar-refractivity contribution in [1.82, 2.24) is 20.3 Å². The van der Waals surface area contributed by atoms with Gasteiger partial charge in [-0.05, 0) is 90.5 Å². The molecule has 0 spiro atoms. The topological polar surface area (TPSA) is 82.2 Å². The van der Waals surface area contributed by atoms with E-state index in [0.29, 0.717) is 18.7 Å². The summed E-state index contributed by atoms with van der Waals surface area (Å²) in [4.78, 5) is 12.3. The van der Waals surface area contributed by atoms with Crippen LogP contribution in [-0.2, 0) is 19.5 Å². The Kier molecular flexibility index (Phi) is 11.2. The van der Waals surface area contributed by atoms with Gasteiger partial charge in [0.15, 0.2) is 0 Å². The summed E-state index contributed by atoms with van der Waals surface area (Å²) < 4.78 is 14.7. The first-order valence-corrected chi connectivity index (χ1v) is 14.5. The number of unbranched alkanes of at least 4 members (excludes halogenated alkanes) is 3. The van der Waals surface area contributed by atoms with Gasteiger partial charge in [-0.25, -0.2) is 9.48 Å². The third-order valence-electron chi connectivity index (χ3n) is 8.37. The summed E-state index contributed by atoms with van der Waals surface area (Å²) in [5.74, 6) is 0.804. The third kappa shape index (κ3) is 8.14. The van der Waals surface area contributed by atoms with Crippen LogP contribution in [0.25, 0.3) is 11.0 Å². The quantitative estimate of drug-likeness (QED) is 0.173. The predicted molar refractivity (Wildman–Crippen MR) is 152 cm³/mol. The predicted octanol–water partition coefficient (Wildman–Crippen LogP) is 2.07. The Morgan fingerprint density at radius 2 is 1.79 bits per heavy atom. The first-order chi connectivity index (χ1) is 18.3. The SMILES string of the molecule is CC[N+](CC)(CC)CCCCCCNCc1cn(Cc2cc(=O)oc3cc4c(cc23)CCC(C)(C)O4)nn1.[Br-]. The molecule has 3 aromatic rings. The first kappa shape index (κ1) is 31.3. The van der Waals surface area contributed by atoms with Crippen molar-refractivity contribution >= 4 is 11.0 Å². The maximum Gasteiger partial charge on any atom is 0.336 e. The number of fused-ring (bicyclic) bond motifs is 2. The second kappa shape index (κ2) is 13.9. The summed E-state index contributed by atoms with van der Waals surface area (Å²) in [6.07, 6.45) is 8.88. The largest absolute Gasteiger partial charge is 1.00 e. The van der Waals surface area contributed by atoms with Crippen LogP contribution in [0.1, 0.15) is 83.5 Å². The highest BCUT2D eigenvalue weighted by Gasteiger charge is 2.27. The number of nitrogens with zero attached hydrogens (tertiary/aromatic N) is 4. The van der Waals surface area contributed by atoms with Crippen LogP contribution < -0.4 is 32.7 Å². The zero-order chi connectivity index (χ0) is 27.2. The minimum Gasteiger partial charge on any atom is -1.00 e. The molecule has 1 aromatic carbocycles. The lowest BCUT2D eigenvalue weighted by Crippen LogP contribution is -3.00. The first-order valence-electron chi connectivity index (χ1n) is 14.5. The number of aryl methyl sites for hydroxylation is 1. The fourth-order valence-corrected chi connectivity index (χ4v) is 5.59. The van der Waals surface area contributed by atoms with Crippen LogP contribution in [0.2, 0.25) is 0 Å². The highest BCUT2D eigenvalue weighted by atomic mass is 79.9. The number of halogens is 1. The molecule has 0 saturated heterocycles. The van der Waals surface area contributed by atoms with Crippen molar-refractivity contribution in [2.24, 2.45) is 0 Å². The van der Waals surface area contributed by atoms with Crippen molar-refractivity contribution in [2.45, 2.75) is 91.8 Å². The van der Waals surface area contributed by atoms with Crippen molar-refractivity contribution < 1.29 is 30.6 Å². The lowest BCUT2D eigenvalue weighted by Gasteiger charge is -2.35. The molecule has 0 radical (unpaired) electrons. The average molecular weight is 605 g/mol. The fourth-order valence-electron chi connectivity index (χ4n) is 5.59. The van der Waals surface area contributed by atoms with Crippen molar-refractivity contribution in [3.8, 4) is 5.75 Å². The average Bonchev–Trinajstić information content (AvgIpc) is 3.34. The zero-order valence-electron chi connectivity index (χ0n) is 24.4. The van der Waals surface area contributed by atoms with Gasteiger partial charge in [-0.2, -0.15) is 0 Å². The molecule has 0 bridgehead atoms. The van der Waals surface area contributed by atoms with Gasteiger partial charge >= 0.3 is 5.63 Å². The molecule has 1 aliphatic heterocycles. The lowest BCUT2D eigenvalue weighted by atomic mass is 9.93. The van der Waals surface area contributed by atoms with Crippen molar-refractivity contribution in [3.05, 3.63) is 51.6 Å². The molecule has 9 heteroatoms. The van der Waals surface area contributed by atoms with Crippen LogP contribution in [-0.4, -0.2) is 57.8 Å². The Bertz CT molecular complexity index is 1260. The number of hydrogen-bond donors (Lipinski definition) is 1. The Hall–Kier alpha value is -2.23. The highest BCUT2D eigenvalue weighted by Crippen LogP contribution is 2.36. The highest BCUT2D eigenvalue weighted by molar-refractivity contribution is 5.83. The Balaban J connectivity index is 0.00000420. The molecule has 39 heavy (non-hydrogen) atoms. The van der Waals surface area contributed by atoms with Crippen LogP contribution >= 0.6 is 0 Å². The van der Waals surface area contributed by atoms with Crippen LogP contribution in [0, 0.1) is 0 Å². The molecule has 0 aliphatic carbocycles. The van der Waals surface area contributed by atoms with E-state index < -0.39 is 0 Å². The minimum absolute atomic E-state index is 0. The van der Waals surface area contributed by atoms with E-state index in [0.717, 1.165) is 47.3 Å². The summed E-state index contributed by atoms with van der Waals surface area (Å²) in [7, 11) is 0. The fraction of sp³-hybridized carbons (Fsp3) is 0.633. The van der Waals surface area contributed by atoms with E-state index in [1.54, 1.807) is 10.7 Å². The van der Waals surface area contributed by atoms with E-state index >= 15 is 0 Å². The number of nitrogens with one attached hydrogen (secondary N) is 1. The summed E-state index contributed by atoms with van der Waals surface area (Å²) in [5.41, 5.74) is 2.90. The van der Waals surface area contributed by atoms with Crippen LogP contribution in [0.3, 0.4) is 0 Å². The molecule has 3 heterocycles. The smallest absolute Gasteiger partial charge is 0.336 e. The van der Waals surface area contributed by atoms with Crippen molar-refractivity contribution in [2.75, 3.05) is 32.7 Å². The van der Waals surface area contributed by atoms with Gasteiger partial charge in [0.1, 0.15) is 16.9 Å². The van der Waals surface area contributed by atoms with Crippen molar-refractivity contribution in [3.63, 3.8) is 0 Å². The summed E-state index contributed by atoms with van der Waals surface area (Å²) in [5, 5.41) is 13.1. The summed E-state index contributed by atoms with van der Waals surface area (Å²) in [6.45, 7) is 18.3. The molecule has 216 valence electrons. The molecule has 1 aliphatic rings. The maximum atomic E-state index is 12.3. The Morgan fingerprint density at radius 3 is 2.54 bits per heavy atom. The second-order valence-electron chi connectivity index (χ2n) is 11.4. The second-order valence-corrected chi connectivity index (χ2v) is 11.4. The standard InChI is InChI=1S/C30H46N5O3.BrH/c1-6-35(7-2,8-3)16-12-10-9-11-15-31-20-25-22-34(33-32-25)21-24-18-29(36)37-28-19-27-23(17-26(24)28)13-14-30(4,5)38-27;/h17-19,22,31H,6-16,20-21H2,1-5H3;1H/q+1;/p-1. The van der Waals surface area contributed by atoms with Gasteiger partial charge in [-0.3, -0.25) is 0 Å². The molecule has 0 amide bonds. The molecule has 0 unspecified atom stereocenters. The Labute approximate surface area is 243 Å². The number of hydrogen-bond acceptors (Lipinski definition) is 6. The third-order valence-corrected chi connectivity index (χ3v) is 8.37. The molecular formula is C30H46BrN5O3. The number of aromatic nitrogens is 3. The minimum atomic E-state index is -0.367. The van der Waals surface area contributed by atoms with E-state index in [9.17, 15) is 4.79 Å². The summed E-state index contributed by atoms with van der Waals surface area (Å²) in [6, 6.07) is 5.52. The van der Waals surface area contributed by atoms with Crippen LogP contribution in [0.15, 0.2) is 33.6 Å². The van der Waals surface area contributed by atoms with Crippen molar-refractivity contribution in [1.29, 1.82) is 0 Å².